The van der Waals surface area contributed by atoms with Gasteiger partial charge in [0.05, 0.1) is 12.5 Å². The number of pyridine rings is 1. The minimum absolute atomic E-state index is 0.124. The molecule has 0 aliphatic rings. The Bertz CT molecular complexity index is 1080. The first-order chi connectivity index (χ1) is 16.6. The summed E-state index contributed by atoms with van der Waals surface area (Å²) in [6, 6.07) is 9.56. The topological polar surface area (TPSA) is 80.8 Å². The van der Waals surface area contributed by atoms with Crippen LogP contribution in [0.4, 0.5) is 5.82 Å². The molecule has 2 rings (SSSR count). The number of rotatable bonds is 12. The summed E-state index contributed by atoms with van der Waals surface area (Å²) < 4.78 is 11.3. The van der Waals surface area contributed by atoms with E-state index in [4.69, 9.17) is 9.47 Å². The zero-order chi connectivity index (χ0) is 26.0. The molecule has 0 spiro atoms. The number of aldehydes is 1. The maximum atomic E-state index is 12.9. The maximum Gasteiger partial charge on any atom is 0.246 e. The maximum absolute atomic E-state index is 12.9. The Morgan fingerprint density at radius 3 is 2.60 bits per heavy atom. The summed E-state index contributed by atoms with van der Waals surface area (Å²) in [7, 11) is 5.19. The van der Waals surface area contributed by atoms with Gasteiger partial charge in [0.1, 0.15) is 18.6 Å². The van der Waals surface area contributed by atoms with E-state index in [0.29, 0.717) is 11.6 Å². The highest BCUT2D eigenvalue weighted by Crippen LogP contribution is 2.29. The Balaban J connectivity index is 2.17. The number of allylic oxidation sites excluding steroid dienone is 1. The number of anilines is 1. The number of para-hydroxylation sites is 1. The lowest BCUT2D eigenvalue weighted by atomic mass is 9.98. The van der Waals surface area contributed by atoms with Gasteiger partial charge in [-0.1, -0.05) is 31.2 Å². The summed E-state index contributed by atoms with van der Waals surface area (Å²) in [4.78, 5) is 30.1. The van der Waals surface area contributed by atoms with E-state index in [1.807, 2.05) is 31.2 Å². The average Bonchev–Trinajstić information content (AvgIpc) is 2.88. The lowest BCUT2D eigenvalue weighted by Gasteiger charge is -2.22. The van der Waals surface area contributed by atoms with Crippen molar-refractivity contribution in [2.24, 2.45) is 5.41 Å². The van der Waals surface area contributed by atoms with Crippen LogP contribution in [0.2, 0.25) is 0 Å². The van der Waals surface area contributed by atoms with Crippen molar-refractivity contribution in [3.05, 3.63) is 59.8 Å². The molecule has 1 amide bonds. The fourth-order valence-corrected chi connectivity index (χ4v) is 3.34. The number of nitrogens with one attached hydrogen (secondary N) is 1. The number of carbonyl (C=O) groups excluding carboxylic acids is 2. The Labute approximate surface area is 208 Å². The molecule has 0 radical (unpaired) electrons. The molecule has 0 aliphatic carbocycles. The largest absolute Gasteiger partial charge is 0.496 e. The summed E-state index contributed by atoms with van der Waals surface area (Å²) >= 11 is 0. The number of ether oxygens (including phenoxy) is 2. The Hall–Kier alpha value is -3.61. The van der Waals surface area contributed by atoms with Crippen LogP contribution in [0, 0.1) is 5.41 Å². The predicted molar refractivity (Wildman–Crippen MR) is 142 cm³/mol. The van der Waals surface area contributed by atoms with Gasteiger partial charge in [-0.15, -0.1) is 0 Å². The van der Waals surface area contributed by atoms with Crippen LogP contribution in [0.3, 0.4) is 0 Å². The van der Waals surface area contributed by atoms with Gasteiger partial charge in [0.2, 0.25) is 5.91 Å². The molecular weight excluding hydrogens is 442 g/mol. The lowest BCUT2D eigenvalue weighted by molar-refractivity contribution is -0.125. The van der Waals surface area contributed by atoms with Crippen LogP contribution >= 0.6 is 0 Å². The molecule has 0 bridgehead atoms. The number of amides is 1. The van der Waals surface area contributed by atoms with Crippen LogP contribution in [-0.2, 0) is 9.59 Å². The van der Waals surface area contributed by atoms with Crippen LogP contribution in [0.25, 0.3) is 11.6 Å². The molecule has 0 saturated carbocycles. The molecule has 1 aromatic carbocycles. The van der Waals surface area contributed by atoms with E-state index in [1.165, 1.54) is 6.08 Å². The minimum Gasteiger partial charge on any atom is -0.496 e. The number of benzene rings is 1. The van der Waals surface area contributed by atoms with E-state index in [1.54, 1.807) is 58.3 Å². The van der Waals surface area contributed by atoms with Crippen molar-refractivity contribution in [2.75, 3.05) is 33.1 Å². The lowest BCUT2D eigenvalue weighted by Crippen LogP contribution is -2.32. The fourth-order valence-electron chi connectivity index (χ4n) is 3.34. The molecule has 1 unspecified atom stereocenters. The van der Waals surface area contributed by atoms with Gasteiger partial charge >= 0.3 is 0 Å². The molecule has 1 N–H and O–H groups in total. The van der Waals surface area contributed by atoms with Gasteiger partial charge in [0.15, 0.2) is 11.6 Å². The Morgan fingerprint density at radius 2 is 1.97 bits per heavy atom. The second-order valence-electron chi connectivity index (χ2n) is 9.03. The van der Waals surface area contributed by atoms with Gasteiger partial charge in [0, 0.05) is 38.0 Å². The molecule has 0 saturated heterocycles. The van der Waals surface area contributed by atoms with E-state index in [0.717, 1.165) is 35.2 Å². The summed E-state index contributed by atoms with van der Waals surface area (Å²) in [6.45, 7) is 7.90. The van der Waals surface area contributed by atoms with E-state index >= 15 is 0 Å². The van der Waals surface area contributed by atoms with Crippen molar-refractivity contribution in [1.29, 1.82) is 0 Å². The first-order valence-corrected chi connectivity index (χ1v) is 11.7. The van der Waals surface area contributed by atoms with Gasteiger partial charge in [-0.3, -0.25) is 4.79 Å². The second kappa shape index (κ2) is 12.7. The third-order valence-electron chi connectivity index (χ3n) is 5.68. The molecule has 188 valence electrons. The number of likely N-dealkylation sites (N-methyl/N-ethyl adjacent to an activating group) is 1. The van der Waals surface area contributed by atoms with Gasteiger partial charge < -0.3 is 24.5 Å². The molecule has 7 heteroatoms. The highest BCUT2D eigenvalue weighted by molar-refractivity contribution is 5.92. The van der Waals surface area contributed by atoms with Crippen LogP contribution in [-0.4, -0.2) is 55.9 Å². The number of methoxy groups -OCH3 is 1. The SMILES string of the molecule is CC/C(=C\C(C)N(C)C(=O)/C=C/c1cnc(NC)c(OCC(C)(C)C=O)c1)c1ccccc1OC. The third-order valence-corrected chi connectivity index (χ3v) is 5.68. The Morgan fingerprint density at radius 1 is 1.26 bits per heavy atom. The molecule has 2 aromatic rings. The monoisotopic (exact) mass is 479 g/mol. The second-order valence-corrected chi connectivity index (χ2v) is 9.03. The molecule has 7 nitrogen and oxygen atoms in total. The van der Waals surface area contributed by atoms with Gasteiger partial charge in [-0.25, -0.2) is 4.98 Å². The number of carbonyl (C=O) groups is 2. The summed E-state index contributed by atoms with van der Waals surface area (Å²) in [5.74, 6) is 1.76. The zero-order valence-corrected chi connectivity index (χ0v) is 21.8. The molecule has 1 aromatic heterocycles. The number of hydrogen-bond donors (Lipinski definition) is 1. The molecule has 35 heavy (non-hydrogen) atoms. The fraction of sp³-hybridized carbons (Fsp3) is 0.393. The average molecular weight is 480 g/mol. The smallest absolute Gasteiger partial charge is 0.246 e. The van der Waals surface area contributed by atoms with Gasteiger partial charge in [0.25, 0.3) is 0 Å². The van der Waals surface area contributed by atoms with E-state index in [2.05, 4.69) is 23.3 Å². The molecule has 1 heterocycles. The van der Waals surface area contributed by atoms with Crippen molar-refractivity contribution in [3.63, 3.8) is 0 Å². The number of nitrogens with zero attached hydrogens (tertiary/aromatic N) is 2. The molecular formula is C28H37N3O4. The van der Waals surface area contributed by atoms with Crippen molar-refractivity contribution >= 4 is 29.7 Å². The van der Waals surface area contributed by atoms with E-state index in [9.17, 15) is 9.59 Å². The number of hydrogen-bond acceptors (Lipinski definition) is 6. The normalized spacial score (nSPS) is 12.8. The summed E-state index contributed by atoms with van der Waals surface area (Å²) in [5.41, 5.74) is 2.25. The Kier molecular flexibility index (Phi) is 10.1. The molecule has 0 aliphatic heterocycles. The van der Waals surface area contributed by atoms with Crippen LogP contribution in [0.5, 0.6) is 11.5 Å². The van der Waals surface area contributed by atoms with Crippen molar-refractivity contribution in [3.8, 4) is 11.5 Å². The van der Waals surface area contributed by atoms with E-state index in [-0.39, 0.29) is 18.6 Å². The number of aromatic nitrogens is 1. The third kappa shape index (κ3) is 7.70. The van der Waals surface area contributed by atoms with E-state index < -0.39 is 5.41 Å². The highest BCUT2D eigenvalue weighted by Gasteiger charge is 2.19. The van der Waals surface area contributed by atoms with Gasteiger partial charge in [-0.2, -0.15) is 0 Å². The van der Waals surface area contributed by atoms with Crippen LogP contribution in [0.15, 0.2) is 48.7 Å². The first-order valence-electron chi connectivity index (χ1n) is 11.7. The zero-order valence-electron chi connectivity index (χ0n) is 21.8. The molecule has 0 fully saturated rings. The van der Waals surface area contributed by atoms with Crippen molar-refractivity contribution < 1.29 is 19.1 Å². The van der Waals surface area contributed by atoms with Crippen molar-refractivity contribution in [1.82, 2.24) is 9.88 Å². The predicted octanol–water partition coefficient (Wildman–Crippen LogP) is 5.09. The van der Waals surface area contributed by atoms with Gasteiger partial charge in [-0.05, 0) is 56.5 Å². The molecule has 1 atom stereocenters. The summed E-state index contributed by atoms with van der Waals surface area (Å²) in [6.07, 6.45) is 8.66. The van der Waals surface area contributed by atoms with Crippen LogP contribution < -0.4 is 14.8 Å². The minimum atomic E-state index is -0.611. The van der Waals surface area contributed by atoms with Crippen molar-refractivity contribution in [2.45, 2.75) is 40.2 Å². The quantitative estimate of drug-likeness (QED) is 0.337. The standard InChI is InChI=1S/C28H37N3O4/c1-8-22(23-11-9-10-12-24(23)34-7)15-20(2)31(6)26(33)14-13-21-16-25(27(29-5)30-17-21)35-19-28(3,4)18-32/h9-18,20H,8,19H2,1-7H3,(H,29,30)/b14-13+,22-15+. The van der Waals surface area contributed by atoms with Crippen LogP contribution in [0.1, 0.15) is 45.2 Å². The first kappa shape index (κ1) is 27.6. The summed E-state index contributed by atoms with van der Waals surface area (Å²) in [5, 5.41) is 2.98. The highest BCUT2D eigenvalue weighted by atomic mass is 16.5.